The van der Waals surface area contributed by atoms with Gasteiger partial charge in [-0.2, -0.15) is 0 Å². The second-order valence-corrected chi connectivity index (χ2v) is 9.20. The molecule has 13 nitrogen and oxygen atoms in total. The molecule has 1 aromatic rings. The third kappa shape index (κ3) is 9.07. The van der Waals surface area contributed by atoms with Crippen LogP contribution in [0, 0.1) is 0 Å². The second kappa shape index (κ2) is 16.3. The van der Waals surface area contributed by atoms with Gasteiger partial charge >= 0.3 is 0 Å². The molecule has 0 radical (unpaired) electrons. The number of hydrogen-bond acceptors (Lipinski definition) is 10. The standard InChI is InChI=1S/C25H32BrN3O10/c26-6-8-35-10-12-37-14-15-38-13-11-36-9-7-27-21(31)16-39-19-3-1-2-17-22(19)25(34)29(24(17)33)18-4-5-20(30)28-23(18)32/h1-3,18H,4-16H2,(H,27,31)(H,28,30,32). The summed E-state index contributed by atoms with van der Waals surface area (Å²) in [5, 5.41) is 5.58. The molecule has 2 N–H and O–H groups in total. The van der Waals surface area contributed by atoms with Crippen molar-refractivity contribution in [3.8, 4) is 5.75 Å². The number of benzene rings is 1. The van der Waals surface area contributed by atoms with Gasteiger partial charge in [0.1, 0.15) is 11.8 Å². The van der Waals surface area contributed by atoms with Gasteiger partial charge in [-0.1, -0.05) is 22.0 Å². The van der Waals surface area contributed by atoms with Crippen molar-refractivity contribution >= 4 is 45.5 Å². The van der Waals surface area contributed by atoms with Crippen LogP contribution in [0.15, 0.2) is 18.2 Å². The number of fused-ring (bicyclic) bond motifs is 1. The molecule has 0 aromatic heterocycles. The Bertz CT molecular complexity index is 1040. The third-order valence-electron chi connectivity index (χ3n) is 5.69. The first-order chi connectivity index (χ1) is 18.9. The minimum atomic E-state index is -1.08. The zero-order chi connectivity index (χ0) is 28.0. The number of imide groups is 2. The Morgan fingerprint density at radius 1 is 0.923 bits per heavy atom. The van der Waals surface area contributed by atoms with Crippen molar-refractivity contribution in [3.05, 3.63) is 29.3 Å². The molecule has 39 heavy (non-hydrogen) atoms. The highest BCUT2D eigenvalue weighted by molar-refractivity contribution is 9.09. The summed E-state index contributed by atoms with van der Waals surface area (Å²) in [5.74, 6) is -2.90. The minimum Gasteiger partial charge on any atom is -0.483 e. The number of carbonyl (C=O) groups excluding carboxylic acids is 5. The monoisotopic (exact) mass is 613 g/mol. The summed E-state index contributed by atoms with van der Waals surface area (Å²) < 4.78 is 26.9. The van der Waals surface area contributed by atoms with E-state index in [0.717, 1.165) is 10.2 Å². The van der Waals surface area contributed by atoms with Crippen molar-refractivity contribution in [1.29, 1.82) is 0 Å². The van der Waals surface area contributed by atoms with Gasteiger partial charge in [-0.15, -0.1) is 0 Å². The molecule has 0 aliphatic carbocycles. The molecule has 0 saturated carbocycles. The minimum absolute atomic E-state index is 0.0169. The Hall–Kier alpha value is -2.91. The van der Waals surface area contributed by atoms with Crippen LogP contribution < -0.4 is 15.4 Å². The zero-order valence-corrected chi connectivity index (χ0v) is 23.0. The number of nitrogens with one attached hydrogen (secondary N) is 2. The molecule has 2 aliphatic rings. The van der Waals surface area contributed by atoms with Crippen molar-refractivity contribution < 1.29 is 47.7 Å². The molecule has 1 unspecified atom stereocenters. The highest BCUT2D eigenvalue weighted by Gasteiger charge is 2.46. The van der Waals surface area contributed by atoms with Crippen LogP contribution in [0.5, 0.6) is 5.75 Å². The maximum atomic E-state index is 13.0. The van der Waals surface area contributed by atoms with E-state index in [1.54, 1.807) is 0 Å². The summed E-state index contributed by atoms with van der Waals surface area (Å²) in [7, 11) is 0. The first-order valence-electron chi connectivity index (χ1n) is 12.5. The second-order valence-electron chi connectivity index (χ2n) is 8.40. The largest absolute Gasteiger partial charge is 0.483 e. The van der Waals surface area contributed by atoms with Gasteiger partial charge in [-0.05, 0) is 18.6 Å². The summed E-state index contributed by atoms with van der Waals surface area (Å²) in [5.41, 5.74) is 0.0563. The predicted octanol–water partition coefficient (Wildman–Crippen LogP) is 0.0441. The number of carbonyl (C=O) groups is 5. The number of halogens is 1. The Morgan fingerprint density at radius 2 is 1.56 bits per heavy atom. The van der Waals surface area contributed by atoms with Gasteiger partial charge in [0.15, 0.2) is 6.61 Å². The third-order valence-corrected chi connectivity index (χ3v) is 6.02. The van der Waals surface area contributed by atoms with Crippen molar-refractivity contribution in [3.63, 3.8) is 0 Å². The van der Waals surface area contributed by atoms with Crippen LogP contribution in [-0.2, 0) is 33.3 Å². The van der Waals surface area contributed by atoms with Gasteiger partial charge in [-0.25, -0.2) is 0 Å². The van der Waals surface area contributed by atoms with E-state index in [2.05, 4.69) is 26.6 Å². The maximum absolute atomic E-state index is 13.0. The number of ether oxygens (including phenoxy) is 5. The molecular weight excluding hydrogens is 582 g/mol. The lowest BCUT2D eigenvalue weighted by molar-refractivity contribution is -0.136. The van der Waals surface area contributed by atoms with Crippen molar-refractivity contribution in [2.75, 3.05) is 71.3 Å². The molecule has 1 aromatic carbocycles. The first-order valence-corrected chi connectivity index (χ1v) is 13.7. The average molecular weight is 614 g/mol. The van der Waals surface area contributed by atoms with Crippen LogP contribution in [0.1, 0.15) is 33.6 Å². The number of alkyl halides is 1. The highest BCUT2D eigenvalue weighted by atomic mass is 79.9. The Kier molecular flexibility index (Phi) is 12.8. The summed E-state index contributed by atoms with van der Waals surface area (Å²) in [6.45, 7) is 3.48. The lowest BCUT2D eigenvalue weighted by atomic mass is 10.0. The van der Waals surface area contributed by atoms with Crippen LogP contribution in [0.3, 0.4) is 0 Å². The van der Waals surface area contributed by atoms with Gasteiger partial charge in [0, 0.05) is 18.3 Å². The molecule has 0 spiro atoms. The van der Waals surface area contributed by atoms with Gasteiger partial charge < -0.3 is 29.0 Å². The molecule has 14 heteroatoms. The SMILES string of the molecule is O=C(COc1cccc2c1C(=O)N(C1CCC(=O)NC1=O)C2=O)NCCOCCOCCOCCOCCBr. The Balaban J connectivity index is 1.31. The van der Waals surface area contributed by atoms with Gasteiger partial charge in [0.25, 0.3) is 17.7 Å². The Labute approximate surface area is 233 Å². The fraction of sp³-hybridized carbons (Fsp3) is 0.560. The number of piperidine rings is 1. The van der Waals surface area contributed by atoms with Crippen LogP contribution in [0.2, 0.25) is 0 Å². The molecule has 214 valence electrons. The van der Waals surface area contributed by atoms with Crippen molar-refractivity contribution in [1.82, 2.24) is 15.5 Å². The number of hydrogen-bond donors (Lipinski definition) is 2. The molecule has 1 atom stereocenters. The highest BCUT2D eigenvalue weighted by Crippen LogP contribution is 2.33. The lowest BCUT2D eigenvalue weighted by Gasteiger charge is -2.27. The van der Waals surface area contributed by atoms with Crippen LogP contribution >= 0.6 is 15.9 Å². The molecule has 2 aliphatic heterocycles. The molecule has 0 bridgehead atoms. The summed E-state index contributed by atoms with van der Waals surface area (Å²) >= 11 is 3.27. The van der Waals surface area contributed by atoms with Crippen LogP contribution in [-0.4, -0.2) is 112 Å². The fourth-order valence-electron chi connectivity index (χ4n) is 3.88. The van der Waals surface area contributed by atoms with Gasteiger partial charge in [0.05, 0.1) is 64.0 Å². The molecule has 1 saturated heterocycles. The molecule has 2 heterocycles. The van der Waals surface area contributed by atoms with Gasteiger partial charge in [-0.3, -0.25) is 34.2 Å². The van der Waals surface area contributed by atoms with Crippen LogP contribution in [0.4, 0.5) is 0 Å². The van der Waals surface area contributed by atoms with E-state index in [9.17, 15) is 24.0 Å². The average Bonchev–Trinajstić information content (AvgIpc) is 3.17. The fourth-order valence-corrected chi connectivity index (χ4v) is 4.11. The van der Waals surface area contributed by atoms with Crippen LogP contribution in [0.25, 0.3) is 0 Å². The molecular formula is C25H32BrN3O10. The van der Waals surface area contributed by atoms with Crippen molar-refractivity contribution in [2.24, 2.45) is 0 Å². The van der Waals surface area contributed by atoms with E-state index >= 15 is 0 Å². The molecule has 5 amide bonds. The zero-order valence-electron chi connectivity index (χ0n) is 21.4. The van der Waals surface area contributed by atoms with E-state index in [4.69, 9.17) is 23.7 Å². The smallest absolute Gasteiger partial charge is 0.266 e. The Morgan fingerprint density at radius 3 is 2.21 bits per heavy atom. The van der Waals surface area contributed by atoms with E-state index in [1.165, 1.54) is 18.2 Å². The number of nitrogens with zero attached hydrogens (tertiary/aromatic N) is 1. The summed E-state index contributed by atoms with van der Waals surface area (Å²) in [4.78, 5) is 62.6. The normalized spacial score (nSPS) is 16.8. The van der Waals surface area contributed by atoms with Crippen molar-refractivity contribution in [2.45, 2.75) is 18.9 Å². The number of rotatable bonds is 18. The van der Waals surface area contributed by atoms with E-state index in [1.807, 2.05) is 0 Å². The quantitative estimate of drug-likeness (QED) is 0.131. The van der Waals surface area contributed by atoms with E-state index < -0.39 is 35.6 Å². The predicted molar refractivity (Wildman–Crippen MR) is 139 cm³/mol. The summed E-state index contributed by atoms with van der Waals surface area (Å²) in [6.07, 6.45) is 0.0680. The topological polar surface area (TPSA) is 159 Å². The lowest BCUT2D eigenvalue weighted by Crippen LogP contribution is -2.54. The molecule has 3 rings (SSSR count). The van der Waals surface area contributed by atoms with Gasteiger partial charge in [0.2, 0.25) is 11.8 Å². The summed E-state index contributed by atoms with van der Waals surface area (Å²) in [6, 6.07) is 3.36. The first kappa shape index (κ1) is 30.6. The number of amides is 5. The van der Waals surface area contributed by atoms with E-state index in [0.29, 0.717) is 46.2 Å². The van der Waals surface area contributed by atoms with E-state index in [-0.39, 0.29) is 49.5 Å². The maximum Gasteiger partial charge on any atom is 0.266 e. The molecule has 1 fully saturated rings.